The van der Waals surface area contributed by atoms with E-state index in [4.69, 9.17) is 4.42 Å². The van der Waals surface area contributed by atoms with Crippen molar-refractivity contribution in [3.05, 3.63) is 69.2 Å². The fourth-order valence-corrected chi connectivity index (χ4v) is 4.68. The Kier molecular flexibility index (Phi) is 7.56. The maximum Gasteiger partial charge on any atom is 0.586 e. The van der Waals surface area contributed by atoms with Crippen molar-refractivity contribution >= 4 is 28.5 Å². The van der Waals surface area contributed by atoms with Crippen LogP contribution in [0.2, 0.25) is 0 Å². The summed E-state index contributed by atoms with van der Waals surface area (Å²) in [5.41, 5.74) is -2.06. The number of nitriles is 1. The minimum absolute atomic E-state index is 0.0337. The number of amides is 2. The van der Waals surface area contributed by atoms with Gasteiger partial charge in [0.1, 0.15) is 12.2 Å². The van der Waals surface area contributed by atoms with Gasteiger partial charge in [0.05, 0.1) is 22.7 Å². The van der Waals surface area contributed by atoms with Crippen LogP contribution in [0.1, 0.15) is 54.4 Å². The van der Waals surface area contributed by atoms with Crippen LogP contribution >= 0.6 is 0 Å². The Morgan fingerprint density at radius 1 is 1.11 bits per heavy atom. The average Bonchev–Trinajstić information content (AvgIpc) is 3.52. The van der Waals surface area contributed by atoms with Gasteiger partial charge in [0.15, 0.2) is 22.8 Å². The molecule has 0 unspecified atom stereocenters. The van der Waals surface area contributed by atoms with Crippen molar-refractivity contribution in [3.63, 3.8) is 0 Å². The Morgan fingerprint density at radius 3 is 2.40 bits per heavy atom. The standard InChI is InChI=1S/C30H25F4N5O6/c1-14-6-20-21(45-30(33,34)44-20)11-19(14)38(5)23(40)13-39-28(42)18-10-22(27(41)36-29(2,3)4)43-25(18)24(37-39)16-7-15(12-35)8-17(9-16)26(31)32/h6-11,26H,13H2,1-5H3,(H,36,41). The molecule has 0 saturated heterocycles. The molecule has 0 radical (unpaired) electrons. The molecular weight excluding hydrogens is 602 g/mol. The van der Waals surface area contributed by atoms with Crippen molar-refractivity contribution in [1.82, 2.24) is 15.1 Å². The molecule has 0 saturated carbocycles. The van der Waals surface area contributed by atoms with E-state index in [1.807, 2.05) is 0 Å². The number of aromatic nitrogens is 2. The number of furan rings is 1. The lowest BCUT2D eigenvalue weighted by Crippen LogP contribution is -2.40. The highest BCUT2D eigenvalue weighted by Crippen LogP contribution is 2.44. The SMILES string of the molecule is Cc1cc2c(cc1N(C)C(=O)Cn1nc(-c3cc(C#N)cc(C(F)F)c3)c3oc(C(=O)NC(C)(C)C)cc3c1=O)OC(F)(F)O2. The number of alkyl halides is 4. The van der Waals surface area contributed by atoms with Gasteiger partial charge >= 0.3 is 6.29 Å². The molecule has 0 fully saturated rings. The number of carbonyl (C=O) groups is 2. The first-order chi connectivity index (χ1) is 21.0. The van der Waals surface area contributed by atoms with Gasteiger partial charge in [0, 0.05) is 35.8 Å². The summed E-state index contributed by atoms with van der Waals surface area (Å²) in [4.78, 5) is 41.0. The number of fused-ring (bicyclic) bond motifs is 2. The van der Waals surface area contributed by atoms with Gasteiger partial charge in [-0.05, 0) is 57.5 Å². The lowest BCUT2D eigenvalue weighted by atomic mass is 10.0. The van der Waals surface area contributed by atoms with Gasteiger partial charge < -0.3 is 24.1 Å². The van der Waals surface area contributed by atoms with E-state index in [1.54, 1.807) is 33.8 Å². The smallest absolute Gasteiger partial charge is 0.448 e. The summed E-state index contributed by atoms with van der Waals surface area (Å²) in [6, 6.07) is 8.70. The number of halogens is 4. The molecule has 234 valence electrons. The highest BCUT2D eigenvalue weighted by atomic mass is 19.3. The largest absolute Gasteiger partial charge is 0.586 e. The number of rotatable bonds is 6. The normalized spacial score (nSPS) is 13.6. The van der Waals surface area contributed by atoms with Crippen molar-refractivity contribution in [2.24, 2.45) is 0 Å². The lowest BCUT2D eigenvalue weighted by molar-refractivity contribution is -0.286. The summed E-state index contributed by atoms with van der Waals surface area (Å²) in [5.74, 6) is -2.19. The van der Waals surface area contributed by atoms with E-state index in [9.17, 15) is 37.2 Å². The Balaban J connectivity index is 1.61. The fourth-order valence-electron chi connectivity index (χ4n) is 4.68. The number of hydrogen-bond donors (Lipinski definition) is 1. The van der Waals surface area contributed by atoms with Crippen molar-refractivity contribution < 1.29 is 41.0 Å². The van der Waals surface area contributed by atoms with Crippen LogP contribution in [-0.2, 0) is 11.3 Å². The van der Waals surface area contributed by atoms with Crippen LogP contribution in [0, 0.1) is 18.3 Å². The molecule has 1 aliphatic rings. The molecule has 1 aliphatic heterocycles. The second-order valence-corrected chi connectivity index (χ2v) is 11.3. The predicted octanol–water partition coefficient (Wildman–Crippen LogP) is 5.29. The molecule has 1 N–H and O–H groups in total. The van der Waals surface area contributed by atoms with Gasteiger partial charge in [-0.1, -0.05) is 0 Å². The monoisotopic (exact) mass is 627 g/mol. The van der Waals surface area contributed by atoms with Crippen LogP contribution in [0.3, 0.4) is 0 Å². The van der Waals surface area contributed by atoms with Crippen molar-refractivity contribution in [2.45, 2.75) is 52.5 Å². The summed E-state index contributed by atoms with van der Waals surface area (Å²) in [5, 5.41) is 16.2. The number of ether oxygens (including phenoxy) is 2. The van der Waals surface area contributed by atoms with Crippen molar-refractivity contribution in [3.8, 4) is 28.8 Å². The molecule has 2 aromatic carbocycles. The second-order valence-electron chi connectivity index (χ2n) is 11.3. The first-order valence-corrected chi connectivity index (χ1v) is 13.3. The summed E-state index contributed by atoms with van der Waals surface area (Å²) >= 11 is 0. The Labute approximate surface area is 252 Å². The number of hydrogen-bond acceptors (Lipinski definition) is 8. The van der Waals surface area contributed by atoms with Gasteiger partial charge in [-0.15, -0.1) is 8.78 Å². The molecule has 3 heterocycles. The Morgan fingerprint density at radius 2 is 1.78 bits per heavy atom. The molecular formula is C30H25F4N5O6. The summed E-state index contributed by atoms with van der Waals surface area (Å²) in [6.07, 6.45) is -6.83. The maximum atomic E-state index is 13.7. The summed E-state index contributed by atoms with van der Waals surface area (Å²) < 4.78 is 70.0. The number of benzene rings is 2. The molecule has 45 heavy (non-hydrogen) atoms. The van der Waals surface area contributed by atoms with Crippen LogP contribution in [-0.4, -0.2) is 40.5 Å². The van der Waals surface area contributed by atoms with Crippen LogP contribution in [0.15, 0.2) is 45.6 Å². The van der Waals surface area contributed by atoms with E-state index < -0.39 is 47.7 Å². The van der Waals surface area contributed by atoms with Gasteiger partial charge in [0.2, 0.25) is 5.91 Å². The topological polar surface area (TPSA) is 140 Å². The second kappa shape index (κ2) is 11.0. The number of nitrogens with one attached hydrogen (secondary N) is 1. The molecule has 4 aromatic rings. The molecule has 0 atom stereocenters. The van der Waals surface area contributed by atoms with Crippen LogP contribution in [0.25, 0.3) is 22.2 Å². The van der Waals surface area contributed by atoms with Crippen molar-refractivity contribution in [1.29, 1.82) is 5.26 Å². The molecule has 0 aliphatic carbocycles. The van der Waals surface area contributed by atoms with Gasteiger partial charge in [-0.2, -0.15) is 10.4 Å². The molecule has 2 aromatic heterocycles. The average molecular weight is 628 g/mol. The highest BCUT2D eigenvalue weighted by Gasteiger charge is 2.44. The zero-order chi connectivity index (χ0) is 33.0. The third-order valence-corrected chi connectivity index (χ3v) is 6.70. The van der Waals surface area contributed by atoms with E-state index in [2.05, 4.69) is 19.9 Å². The predicted molar refractivity (Wildman–Crippen MR) is 151 cm³/mol. The first kappa shape index (κ1) is 31.0. The molecule has 11 nitrogen and oxygen atoms in total. The van der Waals surface area contributed by atoms with Crippen LogP contribution in [0.5, 0.6) is 11.5 Å². The fraction of sp³-hybridized carbons (Fsp3) is 0.300. The lowest BCUT2D eigenvalue weighted by Gasteiger charge is -2.20. The van der Waals surface area contributed by atoms with E-state index in [1.165, 1.54) is 25.2 Å². The van der Waals surface area contributed by atoms with Gasteiger partial charge in [-0.3, -0.25) is 14.4 Å². The molecule has 0 spiro atoms. The number of aryl methyl sites for hydroxylation is 1. The summed E-state index contributed by atoms with van der Waals surface area (Å²) in [7, 11) is 1.34. The number of anilines is 1. The Bertz CT molecular complexity index is 1970. The zero-order valence-electron chi connectivity index (χ0n) is 24.5. The summed E-state index contributed by atoms with van der Waals surface area (Å²) in [6.45, 7) is 6.02. The third-order valence-electron chi connectivity index (χ3n) is 6.70. The first-order valence-electron chi connectivity index (χ1n) is 13.3. The van der Waals surface area contributed by atoms with E-state index >= 15 is 0 Å². The molecule has 2 amide bonds. The minimum Gasteiger partial charge on any atom is -0.448 e. The highest BCUT2D eigenvalue weighted by molar-refractivity contribution is 5.99. The van der Waals surface area contributed by atoms with E-state index in [0.717, 1.165) is 27.8 Å². The molecule has 0 bridgehead atoms. The quantitative estimate of drug-likeness (QED) is 0.285. The number of carbonyl (C=O) groups excluding carboxylic acids is 2. The van der Waals surface area contributed by atoms with Gasteiger partial charge in [0.25, 0.3) is 17.9 Å². The third kappa shape index (κ3) is 6.17. The number of nitrogens with zero attached hydrogens (tertiary/aromatic N) is 4. The van der Waals surface area contributed by atoms with Crippen LogP contribution < -0.4 is 25.2 Å². The maximum absolute atomic E-state index is 13.7. The minimum atomic E-state index is -3.88. The Hall–Kier alpha value is -5.39. The molecule has 15 heteroatoms. The number of likely N-dealkylation sites (N-methyl/N-ethyl adjacent to an activating group) is 1. The zero-order valence-corrected chi connectivity index (χ0v) is 24.5. The van der Waals surface area contributed by atoms with E-state index in [0.29, 0.717) is 5.56 Å². The molecule has 5 rings (SSSR count). The van der Waals surface area contributed by atoms with Crippen LogP contribution in [0.4, 0.5) is 23.2 Å². The van der Waals surface area contributed by atoms with Gasteiger partial charge in [-0.25, -0.2) is 13.5 Å². The van der Waals surface area contributed by atoms with E-state index in [-0.39, 0.29) is 50.7 Å². The van der Waals surface area contributed by atoms with Crippen molar-refractivity contribution in [2.75, 3.05) is 11.9 Å².